The standard InChI is InChI=1S/C17H21FN2/c1-3-5-12-20(4-2)15-6-7-16(17(18)13-15)14-8-10-19-11-9-14/h6-11,13H,3-5,12H2,1-2H3. The number of anilines is 1. The quantitative estimate of drug-likeness (QED) is 0.769. The lowest BCUT2D eigenvalue weighted by molar-refractivity contribution is 0.629. The number of hydrogen-bond donors (Lipinski definition) is 0. The van der Waals surface area contributed by atoms with Crippen molar-refractivity contribution in [2.45, 2.75) is 26.7 Å². The van der Waals surface area contributed by atoms with Crippen LogP contribution < -0.4 is 4.90 Å². The summed E-state index contributed by atoms with van der Waals surface area (Å²) in [7, 11) is 0. The smallest absolute Gasteiger partial charge is 0.133 e. The lowest BCUT2D eigenvalue weighted by Crippen LogP contribution is -2.23. The van der Waals surface area contributed by atoms with E-state index in [9.17, 15) is 4.39 Å². The van der Waals surface area contributed by atoms with Crippen LogP contribution in [0.4, 0.5) is 10.1 Å². The van der Waals surface area contributed by atoms with Gasteiger partial charge in [0.2, 0.25) is 0 Å². The Balaban J connectivity index is 2.25. The van der Waals surface area contributed by atoms with Gasteiger partial charge < -0.3 is 4.90 Å². The van der Waals surface area contributed by atoms with E-state index >= 15 is 0 Å². The van der Waals surface area contributed by atoms with Crippen LogP contribution in [0, 0.1) is 5.82 Å². The van der Waals surface area contributed by atoms with Crippen LogP contribution in [0.3, 0.4) is 0 Å². The first kappa shape index (κ1) is 14.5. The summed E-state index contributed by atoms with van der Waals surface area (Å²) in [6.07, 6.45) is 5.64. The zero-order valence-electron chi connectivity index (χ0n) is 12.1. The van der Waals surface area contributed by atoms with E-state index in [1.165, 1.54) is 0 Å². The van der Waals surface area contributed by atoms with Gasteiger partial charge in [-0.1, -0.05) is 13.3 Å². The number of nitrogens with zero attached hydrogens (tertiary/aromatic N) is 2. The Morgan fingerprint density at radius 3 is 2.45 bits per heavy atom. The number of benzene rings is 1. The first-order chi connectivity index (χ1) is 9.76. The third-order valence-corrected chi connectivity index (χ3v) is 3.47. The summed E-state index contributed by atoms with van der Waals surface area (Å²) in [6, 6.07) is 9.14. The van der Waals surface area contributed by atoms with Crippen molar-refractivity contribution >= 4 is 5.69 Å². The van der Waals surface area contributed by atoms with Crippen LogP contribution in [0.1, 0.15) is 26.7 Å². The van der Waals surface area contributed by atoms with Gasteiger partial charge in [0.05, 0.1) is 0 Å². The van der Waals surface area contributed by atoms with Crippen molar-refractivity contribution in [2.24, 2.45) is 0 Å². The Bertz CT molecular complexity index is 540. The molecule has 0 atom stereocenters. The molecule has 0 amide bonds. The highest BCUT2D eigenvalue weighted by molar-refractivity contribution is 5.66. The molecule has 106 valence electrons. The molecule has 0 aliphatic rings. The summed E-state index contributed by atoms with van der Waals surface area (Å²) in [4.78, 5) is 6.17. The van der Waals surface area contributed by atoms with Crippen molar-refractivity contribution < 1.29 is 4.39 Å². The van der Waals surface area contributed by atoms with Gasteiger partial charge in [0.25, 0.3) is 0 Å². The van der Waals surface area contributed by atoms with E-state index in [2.05, 4.69) is 23.7 Å². The average Bonchev–Trinajstić information content (AvgIpc) is 2.49. The van der Waals surface area contributed by atoms with E-state index in [0.717, 1.165) is 37.2 Å². The van der Waals surface area contributed by atoms with Crippen molar-refractivity contribution in [3.63, 3.8) is 0 Å². The molecule has 1 heterocycles. The molecule has 0 fully saturated rings. The molecule has 2 rings (SSSR count). The number of aromatic nitrogens is 1. The largest absolute Gasteiger partial charge is 0.372 e. The second kappa shape index (κ2) is 7.04. The third kappa shape index (κ3) is 3.35. The van der Waals surface area contributed by atoms with Gasteiger partial charge in [-0.2, -0.15) is 0 Å². The van der Waals surface area contributed by atoms with Crippen LogP contribution in [0.15, 0.2) is 42.7 Å². The fourth-order valence-electron chi connectivity index (χ4n) is 2.29. The van der Waals surface area contributed by atoms with Crippen LogP contribution in [-0.2, 0) is 0 Å². The number of unbranched alkanes of at least 4 members (excludes halogenated alkanes) is 1. The fourth-order valence-corrected chi connectivity index (χ4v) is 2.29. The highest BCUT2D eigenvalue weighted by Gasteiger charge is 2.09. The molecule has 0 aliphatic carbocycles. The van der Waals surface area contributed by atoms with Crippen LogP contribution in [0.5, 0.6) is 0 Å². The van der Waals surface area contributed by atoms with Crippen LogP contribution >= 0.6 is 0 Å². The van der Waals surface area contributed by atoms with Gasteiger partial charge >= 0.3 is 0 Å². The van der Waals surface area contributed by atoms with Gasteiger partial charge in [0.15, 0.2) is 0 Å². The second-order valence-corrected chi connectivity index (χ2v) is 4.83. The second-order valence-electron chi connectivity index (χ2n) is 4.83. The number of rotatable bonds is 6. The first-order valence-electron chi connectivity index (χ1n) is 7.21. The maximum atomic E-state index is 14.3. The predicted molar refractivity (Wildman–Crippen MR) is 82.4 cm³/mol. The zero-order valence-corrected chi connectivity index (χ0v) is 12.1. The summed E-state index contributed by atoms with van der Waals surface area (Å²) >= 11 is 0. The molecule has 0 unspecified atom stereocenters. The van der Waals surface area contributed by atoms with Crippen molar-refractivity contribution in [1.82, 2.24) is 4.98 Å². The molecule has 0 saturated carbocycles. The average molecular weight is 272 g/mol. The van der Waals surface area contributed by atoms with Crippen LogP contribution in [-0.4, -0.2) is 18.1 Å². The summed E-state index contributed by atoms with van der Waals surface area (Å²) in [5.74, 6) is -0.177. The number of halogens is 1. The van der Waals surface area contributed by atoms with E-state index in [0.29, 0.717) is 5.56 Å². The summed E-state index contributed by atoms with van der Waals surface area (Å²) in [5, 5.41) is 0. The molecule has 0 N–H and O–H groups in total. The molecule has 0 saturated heterocycles. The van der Waals surface area contributed by atoms with E-state index < -0.39 is 0 Å². The van der Waals surface area contributed by atoms with Crippen LogP contribution in [0.25, 0.3) is 11.1 Å². The Morgan fingerprint density at radius 2 is 1.85 bits per heavy atom. The van der Waals surface area contributed by atoms with Crippen molar-refractivity contribution in [3.05, 3.63) is 48.5 Å². The molecule has 20 heavy (non-hydrogen) atoms. The molecule has 2 nitrogen and oxygen atoms in total. The minimum atomic E-state index is -0.177. The number of hydrogen-bond acceptors (Lipinski definition) is 2. The minimum absolute atomic E-state index is 0.177. The summed E-state index contributed by atoms with van der Waals surface area (Å²) in [5.41, 5.74) is 2.44. The Labute approximate surface area is 120 Å². The van der Waals surface area contributed by atoms with E-state index in [1.54, 1.807) is 18.5 Å². The maximum absolute atomic E-state index is 14.3. The van der Waals surface area contributed by atoms with Gasteiger partial charge in [0.1, 0.15) is 5.82 Å². The SMILES string of the molecule is CCCCN(CC)c1ccc(-c2ccncc2)c(F)c1. The molecule has 1 aromatic carbocycles. The maximum Gasteiger partial charge on any atom is 0.133 e. The molecule has 1 aromatic heterocycles. The van der Waals surface area contributed by atoms with Gasteiger partial charge in [-0.15, -0.1) is 0 Å². The Hall–Kier alpha value is -1.90. The highest BCUT2D eigenvalue weighted by atomic mass is 19.1. The van der Waals surface area contributed by atoms with Crippen LogP contribution in [0.2, 0.25) is 0 Å². The molecule has 0 bridgehead atoms. The topological polar surface area (TPSA) is 16.1 Å². The van der Waals surface area contributed by atoms with Gasteiger partial charge in [-0.3, -0.25) is 4.98 Å². The van der Waals surface area contributed by atoms with Gasteiger partial charge in [-0.05, 0) is 49.2 Å². The predicted octanol–water partition coefficient (Wildman–Crippen LogP) is 4.51. The zero-order chi connectivity index (χ0) is 14.4. The Morgan fingerprint density at radius 1 is 1.10 bits per heavy atom. The lowest BCUT2D eigenvalue weighted by Gasteiger charge is -2.23. The molecule has 0 spiro atoms. The summed E-state index contributed by atoms with van der Waals surface area (Å²) in [6.45, 7) is 6.14. The molecular weight excluding hydrogens is 251 g/mol. The van der Waals surface area contributed by atoms with Crippen molar-refractivity contribution in [3.8, 4) is 11.1 Å². The molecule has 0 radical (unpaired) electrons. The van der Waals surface area contributed by atoms with E-state index in [1.807, 2.05) is 24.3 Å². The minimum Gasteiger partial charge on any atom is -0.372 e. The van der Waals surface area contributed by atoms with E-state index in [-0.39, 0.29) is 5.82 Å². The summed E-state index contributed by atoms with van der Waals surface area (Å²) < 4.78 is 14.3. The fraction of sp³-hybridized carbons (Fsp3) is 0.353. The Kier molecular flexibility index (Phi) is 5.10. The third-order valence-electron chi connectivity index (χ3n) is 3.47. The molecule has 0 aliphatic heterocycles. The molecular formula is C17H21FN2. The molecule has 2 aromatic rings. The lowest BCUT2D eigenvalue weighted by atomic mass is 10.1. The van der Waals surface area contributed by atoms with E-state index in [4.69, 9.17) is 0 Å². The highest BCUT2D eigenvalue weighted by Crippen LogP contribution is 2.26. The van der Waals surface area contributed by atoms with Crippen molar-refractivity contribution in [1.29, 1.82) is 0 Å². The van der Waals surface area contributed by atoms with Gasteiger partial charge in [0, 0.05) is 36.7 Å². The van der Waals surface area contributed by atoms with Gasteiger partial charge in [-0.25, -0.2) is 4.39 Å². The number of pyridine rings is 1. The normalized spacial score (nSPS) is 10.6. The molecule has 3 heteroatoms. The van der Waals surface area contributed by atoms with Crippen molar-refractivity contribution in [2.75, 3.05) is 18.0 Å². The first-order valence-corrected chi connectivity index (χ1v) is 7.21. The monoisotopic (exact) mass is 272 g/mol.